The van der Waals surface area contributed by atoms with Crippen LogP contribution in [0.4, 0.5) is 0 Å². The molecule has 2 aromatic heterocycles. The molecule has 7 heteroatoms. The number of benzene rings is 2. The third-order valence-electron chi connectivity index (χ3n) is 6.49. The van der Waals surface area contributed by atoms with Crippen LogP contribution in [0.2, 0.25) is 0 Å². The Bertz CT molecular complexity index is 1340. The molecule has 0 saturated heterocycles. The number of amides is 1. The van der Waals surface area contributed by atoms with E-state index in [0.717, 1.165) is 41.6 Å². The number of aromatic nitrogens is 3. The molecular weight excluding hydrogens is 456 g/mol. The molecule has 1 fully saturated rings. The van der Waals surface area contributed by atoms with Crippen molar-refractivity contribution >= 4 is 40.7 Å². The monoisotopic (exact) mass is 484 g/mol. The topological polar surface area (TPSA) is 90.9 Å². The number of fused-ring (bicyclic) bond motifs is 1. The van der Waals surface area contributed by atoms with Crippen molar-refractivity contribution < 1.29 is 10.0 Å². The largest absolute Gasteiger partial charge is 0.289 e. The van der Waals surface area contributed by atoms with Gasteiger partial charge >= 0.3 is 0 Å². The number of hydrogen-bond acceptors (Lipinski definition) is 5. The summed E-state index contributed by atoms with van der Waals surface area (Å²) in [6.45, 7) is 0. The number of rotatable bonds is 10. The summed E-state index contributed by atoms with van der Waals surface area (Å²) in [7, 11) is 0. The van der Waals surface area contributed by atoms with Crippen LogP contribution in [0, 0.1) is 5.92 Å². The zero-order chi connectivity index (χ0) is 24.0. The molecule has 4 aromatic rings. The summed E-state index contributed by atoms with van der Waals surface area (Å²) in [5.74, 6) is 0.965. The molecule has 5 rings (SSSR count). The number of pyridine rings is 1. The SMILES string of the molecule is O=C(CCCCC1CC1c1ccccc1Sc1ccc2c(/C=C/c3ccccn3)n[nH]c2c1)NO. The molecule has 2 heterocycles. The van der Waals surface area contributed by atoms with Crippen molar-refractivity contribution in [1.29, 1.82) is 0 Å². The molecule has 6 nitrogen and oxygen atoms in total. The first-order valence-corrected chi connectivity index (χ1v) is 12.8. The molecule has 1 amide bonds. The van der Waals surface area contributed by atoms with Gasteiger partial charge in [0.2, 0.25) is 5.91 Å². The van der Waals surface area contributed by atoms with Crippen LogP contribution < -0.4 is 5.48 Å². The van der Waals surface area contributed by atoms with Crippen molar-refractivity contribution in [1.82, 2.24) is 20.7 Å². The van der Waals surface area contributed by atoms with Gasteiger partial charge in [-0.3, -0.25) is 20.1 Å². The van der Waals surface area contributed by atoms with Crippen LogP contribution in [-0.2, 0) is 4.79 Å². The zero-order valence-electron chi connectivity index (χ0n) is 19.4. The summed E-state index contributed by atoms with van der Waals surface area (Å²) >= 11 is 1.80. The molecule has 1 aliphatic carbocycles. The standard InChI is InChI=1S/C28H28N4O2S/c33-28(32-34)11-4-1-7-19-17-24(19)22-9-2-3-10-27(22)35-21-13-14-23-25(30-31-26(23)18-21)15-12-20-8-5-6-16-29-20/h2-3,5-6,8-10,12-16,18-19,24,34H,1,4,7,11,17H2,(H,30,31)(H,32,33)/b15-12+. The first-order chi connectivity index (χ1) is 17.2. The molecule has 2 aromatic carbocycles. The lowest BCUT2D eigenvalue weighted by Gasteiger charge is -2.09. The van der Waals surface area contributed by atoms with E-state index >= 15 is 0 Å². The van der Waals surface area contributed by atoms with Crippen molar-refractivity contribution in [3.8, 4) is 0 Å². The van der Waals surface area contributed by atoms with Gasteiger partial charge in [-0.25, -0.2) is 5.48 Å². The van der Waals surface area contributed by atoms with E-state index in [2.05, 4.69) is 57.6 Å². The van der Waals surface area contributed by atoms with E-state index in [4.69, 9.17) is 5.21 Å². The third-order valence-corrected chi connectivity index (χ3v) is 7.57. The van der Waals surface area contributed by atoms with Gasteiger partial charge in [0, 0.05) is 27.8 Å². The Hall–Kier alpha value is -3.42. The van der Waals surface area contributed by atoms with E-state index in [1.54, 1.807) is 23.4 Å². The van der Waals surface area contributed by atoms with E-state index in [-0.39, 0.29) is 5.91 Å². The average molecular weight is 485 g/mol. The summed E-state index contributed by atoms with van der Waals surface area (Å²) in [6, 6.07) is 21.0. The Labute approximate surface area is 208 Å². The highest BCUT2D eigenvalue weighted by Crippen LogP contribution is 2.53. The Morgan fingerprint density at radius 1 is 1.11 bits per heavy atom. The number of aromatic amines is 1. The van der Waals surface area contributed by atoms with E-state index in [0.29, 0.717) is 18.3 Å². The number of hydroxylamine groups is 1. The van der Waals surface area contributed by atoms with E-state index in [1.807, 2.05) is 30.4 Å². The van der Waals surface area contributed by atoms with Crippen LogP contribution >= 0.6 is 11.8 Å². The van der Waals surface area contributed by atoms with Gasteiger partial charge in [0.25, 0.3) is 0 Å². The molecule has 0 radical (unpaired) electrons. The Kier molecular flexibility index (Phi) is 7.25. The number of unbranched alkanes of at least 4 members (excludes halogenated alkanes) is 1. The number of carbonyl (C=O) groups is 1. The lowest BCUT2D eigenvalue weighted by molar-refractivity contribution is -0.129. The van der Waals surface area contributed by atoms with Gasteiger partial charge in [0.15, 0.2) is 0 Å². The third kappa shape index (κ3) is 5.81. The van der Waals surface area contributed by atoms with Crippen molar-refractivity contribution in [2.75, 3.05) is 0 Å². The number of H-pyrrole nitrogens is 1. The minimum atomic E-state index is -0.301. The fraction of sp³-hybridized carbons (Fsp3) is 0.250. The number of nitrogens with one attached hydrogen (secondary N) is 2. The molecule has 2 atom stereocenters. The lowest BCUT2D eigenvalue weighted by Crippen LogP contribution is -2.17. The molecule has 2 unspecified atom stereocenters. The van der Waals surface area contributed by atoms with Crippen LogP contribution in [-0.4, -0.2) is 26.3 Å². The zero-order valence-corrected chi connectivity index (χ0v) is 20.2. The molecule has 0 aliphatic heterocycles. The predicted octanol–water partition coefficient (Wildman–Crippen LogP) is 6.45. The van der Waals surface area contributed by atoms with Crippen LogP contribution in [0.25, 0.3) is 23.1 Å². The molecule has 35 heavy (non-hydrogen) atoms. The Morgan fingerprint density at radius 2 is 2.00 bits per heavy atom. The predicted molar refractivity (Wildman–Crippen MR) is 139 cm³/mol. The van der Waals surface area contributed by atoms with Gasteiger partial charge < -0.3 is 0 Å². The minimum Gasteiger partial charge on any atom is -0.289 e. The average Bonchev–Trinajstić information content (AvgIpc) is 3.56. The second kappa shape index (κ2) is 10.9. The Morgan fingerprint density at radius 3 is 2.86 bits per heavy atom. The maximum atomic E-state index is 11.2. The molecular formula is C28H28N4O2S. The first kappa shape index (κ1) is 23.3. The summed E-state index contributed by atoms with van der Waals surface area (Å²) in [5.41, 5.74) is 5.95. The van der Waals surface area contributed by atoms with Crippen LogP contribution in [0.5, 0.6) is 0 Å². The summed E-state index contributed by atoms with van der Waals surface area (Å²) in [6.07, 6.45) is 10.3. The molecule has 1 aliphatic rings. The van der Waals surface area contributed by atoms with Crippen LogP contribution in [0.3, 0.4) is 0 Å². The lowest BCUT2D eigenvalue weighted by atomic mass is 10.1. The quantitative estimate of drug-likeness (QED) is 0.137. The fourth-order valence-corrected chi connectivity index (χ4v) is 5.60. The summed E-state index contributed by atoms with van der Waals surface area (Å²) < 4.78 is 0. The van der Waals surface area contributed by atoms with Gasteiger partial charge in [-0.15, -0.1) is 0 Å². The van der Waals surface area contributed by atoms with Crippen LogP contribution in [0.15, 0.2) is 76.7 Å². The highest BCUT2D eigenvalue weighted by atomic mass is 32.2. The highest BCUT2D eigenvalue weighted by molar-refractivity contribution is 7.99. The van der Waals surface area contributed by atoms with Gasteiger partial charge in [-0.1, -0.05) is 42.4 Å². The van der Waals surface area contributed by atoms with Crippen molar-refractivity contribution in [2.45, 2.75) is 47.8 Å². The van der Waals surface area contributed by atoms with E-state index < -0.39 is 0 Å². The number of carbonyl (C=O) groups excluding carboxylic acids is 1. The van der Waals surface area contributed by atoms with Crippen molar-refractivity contribution in [3.05, 3.63) is 83.8 Å². The maximum Gasteiger partial charge on any atom is 0.243 e. The summed E-state index contributed by atoms with van der Waals surface area (Å²) in [4.78, 5) is 18.0. The smallest absolute Gasteiger partial charge is 0.243 e. The van der Waals surface area contributed by atoms with Gasteiger partial charge in [-0.2, -0.15) is 5.10 Å². The summed E-state index contributed by atoms with van der Waals surface area (Å²) in [5, 5.41) is 17.4. The molecule has 1 saturated carbocycles. The van der Waals surface area contributed by atoms with E-state index in [9.17, 15) is 4.79 Å². The Balaban J connectivity index is 1.24. The van der Waals surface area contributed by atoms with Gasteiger partial charge in [-0.05, 0) is 85.2 Å². The van der Waals surface area contributed by atoms with Crippen LogP contribution in [0.1, 0.15) is 55.0 Å². The first-order valence-electron chi connectivity index (χ1n) is 12.0. The molecule has 178 valence electrons. The number of hydrogen-bond donors (Lipinski definition) is 3. The molecule has 0 bridgehead atoms. The van der Waals surface area contributed by atoms with Gasteiger partial charge in [0.05, 0.1) is 16.9 Å². The van der Waals surface area contributed by atoms with Gasteiger partial charge in [0.1, 0.15) is 0 Å². The second-order valence-electron chi connectivity index (χ2n) is 8.93. The fourth-order valence-electron chi connectivity index (χ4n) is 4.55. The maximum absolute atomic E-state index is 11.2. The van der Waals surface area contributed by atoms with Crippen molar-refractivity contribution in [2.24, 2.45) is 5.92 Å². The minimum absolute atomic E-state index is 0.301. The number of nitrogens with zero attached hydrogens (tertiary/aromatic N) is 2. The molecule has 3 N–H and O–H groups in total. The molecule has 0 spiro atoms. The van der Waals surface area contributed by atoms with E-state index in [1.165, 1.54) is 21.8 Å². The normalized spacial score (nSPS) is 17.2. The highest BCUT2D eigenvalue weighted by Gasteiger charge is 2.38. The van der Waals surface area contributed by atoms with Crippen molar-refractivity contribution in [3.63, 3.8) is 0 Å². The second-order valence-corrected chi connectivity index (χ2v) is 10.0.